The van der Waals surface area contributed by atoms with Crippen LogP contribution in [-0.4, -0.2) is 68.5 Å². The van der Waals surface area contributed by atoms with Crippen LogP contribution in [0.3, 0.4) is 0 Å². The normalized spacial score (nSPS) is 14.3. The summed E-state index contributed by atoms with van der Waals surface area (Å²) in [6.07, 6.45) is 88.1. The van der Waals surface area contributed by atoms with E-state index >= 15 is 0 Å². The van der Waals surface area contributed by atoms with Crippen molar-refractivity contribution >= 4 is 13.7 Å². The number of nitrogens with one attached hydrogen (secondary N) is 1. The first-order chi connectivity index (χ1) is 39.0. The molecule has 8 nitrogen and oxygen atoms in total. The monoisotopic (exact) mass is 1140 g/mol. The lowest BCUT2D eigenvalue weighted by atomic mass is 10.0. The Morgan fingerprint density at radius 1 is 0.450 bits per heavy atom. The Kier molecular flexibility index (Phi) is 59.0. The predicted octanol–water partition coefficient (Wildman–Crippen LogP) is 20.7. The third-order valence-electron chi connectivity index (χ3n) is 14.8. The van der Waals surface area contributed by atoms with E-state index in [1.54, 1.807) is 6.08 Å². The molecule has 0 radical (unpaired) electrons. The van der Waals surface area contributed by atoms with Crippen LogP contribution < -0.4 is 10.2 Å². The minimum Gasteiger partial charge on any atom is -0.756 e. The van der Waals surface area contributed by atoms with Gasteiger partial charge in [-0.1, -0.05) is 304 Å². The number of nitrogens with zero attached hydrogens (tertiary/aromatic N) is 1. The summed E-state index contributed by atoms with van der Waals surface area (Å²) in [6, 6.07) is -0.908. The van der Waals surface area contributed by atoms with Gasteiger partial charge in [0.1, 0.15) is 13.2 Å². The summed E-state index contributed by atoms with van der Waals surface area (Å²) in [5.41, 5.74) is 0. The van der Waals surface area contributed by atoms with E-state index in [1.807, 2.05) is 27.2 Å². The lowest BCUT2D eigenvalue weighted by Gasteiger charge is -2.29. The van der Waals surface area contributed by atoms with Crippen molar-refractivity contribution in [1.29, 1.82) is 0 Å². The molecule has 0 bridgehead atoms. The molecule has 0 heterocycles. The van der Waals surface area contributed by atoms with E-state index in [-0.39, 0.29) is 12.5 Å². The lowest BCUT2D eigenvalue weighted by molar-refractivity contribution is -0.870. The molecule has 0 aromatic carbocycles. The molecule has 0 saturated heterocycles. The molecule has 2 N–H and O–H groups in total. The number of unbranched alkanes of at least 4 members (excludes halogenated alkanes) is 34. The van der Waals surface area contributed by atoms with Crippen molar-refractivity contribution < 1.29 is 32.9 Å². The second-order valence-corrected chi connectivity index (χ2v) is 25.2. The Bertz CT molecular complexity index is 1620. The molecular formula is C71H129N2O6P. The minimum atomic E-state index is -4.61. The van der Waals surface area contributed by atoms with Crippen molar-refractivity contribution in [2.45, 2.75) is 309 Å². The predicted molar refractivity (Wildman–Crippen MR) is 348 cm³/mol. The average molecular weight is 1140 g/mol. The van der Waals surface area contributed by atoms with Crippen LogP contribution in [0.25, 0.3) is 0 Å². The minimum absolute atomic E-state index is 0.00814. The van der Waals surface area contributed by atoms with Crippen molar-refractivity contribution in [3.63, 3.8) is 0 Å². The Morgan fingerprint density at radius 3 is 1.16 bits per heavy atom. The summed E-state index contributed by atoms with van der Waals surface area (Å²) >= 11 is 0. The zero-order chi connectivity index (χ0) is 58.4. The Labute approximate surface area is 496 Å². The SMILES string of the molecule is CC/C=C\C/C=C\C/C=C\C/C=C\C/C=C\C/C=C\CCCCCCCCCCCCCCCCCCCCC(=O)NC(COP(=O)([O-])OCC[N+](C)(C)C)C(O)/C=C/CC/C=C/CCCCCCCCCCCCCCCCC. The molecule has 0 spiro atoms. The van der Waals surface area contributed by atoms with Crippen LogP contribution in [0.5, 0.6) is 0 Å². The molecule has 3 atom stereocenters. The molecule has 0 aliphatic heterocycles. The summed E-state index contributed by atoms with van der Waals surface area (Å²) in [6.45, 7) is 4.54. The lowest BCUT2D eigenvalue weighted by Crippen LogP contribution is -2.45. The number of phosphoric ester groups is 1. The first-order valence-electron chi connectivity index (χ1n) is 33.6. The average Bonchev–Trinajstić information content (AvgIpc) is 3.42. The van der Waals surface area contributed by atoms with Crippen molar-refractivity contribution in [2.24, 2.45) is 0 Å². The van der Waals surface area contributed by atoms with Gasteiger partial charge in [0.25, 0.3) is 7.82 Å². The van der Waals surface area contributed by atoms with Gasteiger partial charge in [0, 0.05) is 6.42 Å². The van der Waals surface area contributed by atoms with Crippen LogP contribution in [0, 0.1) is 0 Å². The number of rotatable bonds is 61. The van der Waals surface area contributed by atoms with Crippen molar-refractivity contribution in [2.75, 3.05) is 40.9 Å². The van der Waals surface area contributed by atoms with Gasteiger partial charge in [-0.25, -0.2) is 0 Å². The largest absolute Gasteiger partial charge is 0.756 e. The Balaban J connectivity index is 4.07. The van der Waals surface area contributed by atoms with Gasteiger partial charge in [0.05, 0.1) is 39.9 Å². The summed E-state index contributed by atoms with van der Waals surface area (Å²) in [5, 5.41) is 13.9. The van der Waals surface area contributed by atoms with E-state index in [2.05, 4.69) is 104 Å². The fraction of sp³-hybridized carbons (Fsp3) is 0.761. The molecule has 0 aromatic rings. The smallest absolute Gasteiger partial charge is 0.268 e. The van der Waals surface area contributed by atoms with Gasteiger partial charge in [-0.3, -0.25) is 9.36 Å². The van der Waals surface area contributed by atoms with E-state index < -0.39 is 26.6 Å². The zero-order valence-electron chi connectivity index (χ0n) is 53.0. The first-order valence-corrected chi connectivity index (χ1v) is 35.1. The van der Waals surface area contributed by atoms with Crippen LogP contribution in [0.1, 0.15) is 296 Å². The number of allylic oxidation sites excluding steroid dienone is 15. The zero-order valence-corrected chi connectivity index (χ0v) is 53.9. The van der Waals surface area contributed by atoms with Crippen molar-refractivity contribution in [3.8, 4) is 0 Å². The second kappa shape index (κ2) is 61.0. The van der Waals surface area contributed by atoms with Crippen LogP contribution in [0.2, 0.25) is 0 Å². The van der Waals surface area contributed by atoms with Gasteiger partial charge >= 0.3 is 0 Å². The Hall–Kier alpha value is -2.58. The molecule has 0 fully saturated rings. The molecule has 0 aliphatic carbocycles. The molecule has 9 heteroatoms. The summed E-state index contributed by atoms with van der Waals surface area (Å²) in [7, 11) is 1.25. The molecule has 0 saturated carbocycles. The number of quaternary nitrogens is 1. The highest BCUT2D eigenvalue weighted by atomic mass is 31.2. The number of likely N-dealkylation sites (N-methyl/N-ethyl adjacent to an activating group) is 1. The fourth-order valence-electron chi connectivity index (χ4n) is 9.59. The summed E-state index contributed by atoms with van der Waals surface area (Å²) in [5.74, 6) is -0.206. The Morgan fingerprint density at radius 2 is 0.775 bits per heavy atom. The third kappa shape index (κ3) is 63.0. The molecule has 3 unspecified atom stereocenters. The van der Waals surface area contributed by atoms with Crippen LogP contribution in [-0.2, 0) is 18.4 Å². The number of phosphoric acid groups is 1. The van der Waals surface area contributed by atoms with Crippen molar-refractivity contribution in [1.82, 2.24) is 5.32 Å². The molecule has 0 rings (SSSR count). The molecule has 0 aliphatic rings. The number of aliphatic hydroxyl groups is 1. The molecular weight excluding hydrogens is 1010 g/mol. The third-order valence-corrected chi connectivity index (χ3v) is 15.7. The fourth-order valence-corrected chi connectivity index (χ4v) is 10.3. The maximum absolute atomic E-state index is 13.0. The quantitative estimate of drug-likeness (QED) is 0.0272. The number of hydrogen-bond donors (Lipinski definition) is 2. The van der Waals surface area contributed by atoms with Gasteiger partial charge < -0.3 is 28.8 Å². The summed E-state index contributed by atoms with van der Waals surface area (Å²) < 4.78 is 23.4. The van der Waals surface area contributed by atoms with Gasteiger partial charge in [0.15, 0.2) is 0 Å². The number of amides is 1. The van der Waals surface area contributed by atoms with E-state index in [0.29, 0.717) is 17.4 Å². The number of carbonyl (C=O) groups excluding carboxylic acids is 1. The molecule has 0 aromatic heterocycles. The van der Waals surface area contributed by atoms with Crippen molar-refractivity contribution in [3.05, 3.63) is 97.2 Å². The molecule has 80 heavy (non-hydrogen) atoms. The maximum Gasteiger partial charge on any atom is 0.268 e. The van der Waals surface area contributed by atoms with E-state index in [9.17, 15) is 19.4 Å². The summed E-state index contributed by atoms with van der Waals surface area (Å²) in [4.78, 5) is 25.6. The van der Waals surface area contributed by atoms with Crippen LogP contribution in [0.4, 0.5) is 0 Å². The van der Waals surface area contributed by atoms with Gasteiger partial charge in [0.2, 0.25) is 5.91 Å². The van der Waals surface area contributed by atoms with Gasteiger partial charge in [-0.05, 0) is 83.5 Å². The van der Waals surface area contributed by atoms with Gasteiger partial charge in [-0.2, -0.15) is 0 Å². The highest BCUT2D eigenvalue weighted by Gasteiger charge is 2.23. The van der Waals surface area contributed by atoms with E-state index in [4.69, 9.17) is 9.05 Å². The number of aliphatic hydroxyl groups excluding tert-OH is 1. The molecule has 464 valence electrons. The highest BCUT2D eigenvalue weighted by molar-refractivity contribution is 7.45. The molecule has 1 amide bonds. The standard InChI is InChI=1S/C71H129N2O6P/c1-6-8-10-12-14-16-18-20-22-24-26-28-29-30-31-32-33-34-35-36-37-38-39-40-41-42-43-45-47-49-51-53-55-57-59-61-63-65-71(75)72-69(68-79-80(76,77)78-67-66-73(3,4)5)70(74)64-62-60-58-56-54-52-50-48-46-44-27-25-23-21-19-17-15-13-11-9-7-2/h8,10,14,16,20,22,26,28,30-31,33-34,54,56,62,64,69-70,74H,6-7,9,11-13,15,17-19,21,23-25,27,29,32,35-53,55,57-61,63,65-68H2,1-5H3,(H-,72,75,76,77)/b10-8-,16-14-,22-20-,28-26-,31-30-,34-33-,56-54+,64-62+. The second-order valence-electron chi connectivity index (χ2n) is 23.8. The van der Waals surface area contributed by atoms with Gasteiger partial charge in [-0.15, -0.1) is 0 Å². The number of carbonyl (C=O) groups is 1. The van der Waals surface area contributed by atoms with E-state index in [1.165, 1.54) is 199 Å². The maximum atomic E-state index is 13.0. The first kappa shape index (κ1) is 77.4. The highest BCUT2D eigenvalue weighted by Crippen LogP contribution is 2.38. The number of hydrogen-bond acceptors (Lipinski definition) is 6. The topological polar surface area (TPSA) is 108 Å². The van der Waals surface area contributed by atoms with Crippen LogP contribution >= 0.6 is 7.82 Å². The van der Waals surface area contributed by atoms with E-state index in [0.717, 1.165) is 77.0 Å². The van der Waals surface area contributed by atoms with Crippen LogP contribution in [0.15, 0.2) is 97.2 Å².